The fourth-order valence-electron chi connectivity index (χ4n) is 4.62. The topological polar surface area (TPSA) is 96.0 Å². The minimum atomic E-state index is -3.59. The van der Waals surface area contributed by atoms with Crippen molar-refractivity contribution in [1.82, 2.24) is 9.62 Å². The van der Waals surface area contributed by atoms with E-state index < -0.39 is 16.1 Å². The number of piperidine rings is 1. The second-order valence-electron chi connectivity index (χ2n) is 8.66. The zero-order valence-corrected chi connectivity index (χ0v) is 20.4. The molecule has 0 saturated carbocycles. The van der Waals surface area contributed by atoms with Crippen molar-refractivity contribution in [3.8, 4) is 5.75 Å². The Bertz CT molecular complexity index is 1160. The molecule has 0 radical (unpaired) electrons. The lowest BCUT2D eigenvalue weighted by Crippen LogP contribution is -2.47. The van der Waals surface area contributed by atoms with E-state index in [0.29, 0.717) is 37.5 Å². The molecule has 182 valence electrons. The molecule has 2 aliphatic heterocycles. The first-order chi connectivity index (χ1) is 16.3. The van der Waals surface area contributed by atoms with E-state index in [4.69, 9.17) is 4.74 Å². The second kappa shape index (κ2) is 10.1. The molecule has 2 aliphatic rings. The van der Waals surface area contributed by atoms with Crippen LogP contribution in [0.1, 0.15) is 44.2 Å². The highest BCUT2D eigenvalue weighted by atomic mass is 32.2. The normalized spacial score (nSPS) is 18.4. The zero-order chi connectivity index (χ0) is 24.3. The van der Waals surface area contributed by atoms with E-state index in [0.717, 1.165) is 30.6 Å². The van der Waals surface area contributed by atoms with Crippen molar-refractivity contribution in [2.45, 2.75) is 57.0 Å². The van der Waals surface area contributed by atoms with E-state index >= 15 is 0 Å². The maximum Gasteiger partial charge on any atom is 0.243 e. The van der Waals surface area contributed by atoms with Crippen molar-refractivity contribution in [3.05, 3.63) is 53.6 Å². The van der Waals surface area contributed by atoms with Gasteiger partial charge in [-0.15, -0.1) is 0 Å². The van der Waals surface area contributed by atoms with E-state index in [2.05, 4.69) is 5.32 Å². The van der Waals surface area contributed by atoms with E-state index in [1.165, 1.54) is 16.1 Å². The average molecular weight is 486 g/mol. The summed E-state index contributed by atoms with van der Waals surface area (Å²) in [7, 11) is -3.59. The van der Waals surface area contributed by atoms with E-state index in [9.17, 15) is 18.0 Å². The summed E-state index contributed by atoms with van der Waals surface area (Å²) >= 11 is 0. The number of benzene rings is 2. The summed E-state index contributed by atoms with van der Waals surface area (Å²) < 4.78 is 33.2. The van der Waals surface area contributed by atoms with Crippen molar-refractivity contribution in [2.75, 3.05) is 24.6 Å². The summed E-state index contributed by atoms with van der Waals surface area (Å²) in [6.07, 6.45) is 3.03. The van der Waals surface area contributed by atoms with Gasteiger partial charge in [0, 0.05) is 38.7 Å². The van der Waals surface area contributed by atoms with Gasteiger partial charge < -0.3 is 10.1 Å². The molecule has 0 aliphatic carbocycles. The van der Waals surface area contributed by atoms with Gasteiger partial charge in [-0.25, -0.2) is 8.42 Å². The Morgan fingerprint density at radius 1 is 1.06 bits per heavy atom. The van der Waals surface area contributed by atoms with Crippen molar-refractivity contribution in [2.24, 2.45) is 0 Å². The monoisotopic (exact) mass is 485 g/mol. The highest BCUT2D eigenvalue weighted by molar-refractivity contribution is 7.89. The molecular weight excluding hydrogens is 454 g/mol. The number of rotatable bonds is 7. The van der Waals surface area contributed by atoms with Crippen LogP contribution < -0.4 is 15.0 Å². The number of nitrogens with zero attached hydrogens (tertiary/aromatic N) is 2. The third-order valence-corrected chi connectivity index (χ3v) is 8.23. The van der Waals surface area contributed by atoms with Gasteiger partial charge in [-0.2, -0.15) is 4.31 Å². The number of sulfonamides is 1. The standard InChI is InChI=1S/C25H31N3O5S/c1-3-33-21-9-7-19(8-10-21)17-26-25(30)24-16-20-15-22(11-12-23(20)28(24)18(2)29)34(31,32)27-13-5-4-6-14-27/h7-12,15,24H,3-6,13-14,16-17H2,1-2H3,(H,26,30)/t24-/m1/s1. The fraction of sp³-hybridized carbons (Fsp3) is 0.440. The maximum absolute atomic E-state index is 13.1. The third kappa shape index (κ3) is 4.95. The number of anilines is 1. The first-order valence-corrected chi connectivity index (χ1v) is 13.2. The van der Waals surface area contributed by atoms with Crippen LogP contribution in [-0.2, 0) is 32.6 Å². The van der Waals surface area contributed by atoms with Crippen LogP contribution in [0.15, 0.2) is 47.4 Å². The van der Waals surface area contributed by atoms with Gasteiger partial charge in [-0.3, -0.25) is 14.5 Å². The smallest absolute Gasteiger partial charge is 0.243 e. The molecule has 34 heavy (non-hydrogen) atoms. The molecule has 1 saturated heterocycles. The number of amides is 2. The number of nitrogens with one attached hydrogen (secondary N) is 1. The van der Waals surface area contributed by atoms with Crippen LogP contribution in [0.25, 0.3) is 0 Å². The molecular formula is C25H31N3O5S. The Hall–Kier alpha value is -2.91. The van der Waals surface area contributed by atoms with Gasteiger partial charge in [0.1, 0.15) is 11.8 Å². The second-order valence-corrected chi connectivity index (χ2v) is 10.6. The molecule has 2 aromatic rings. The van der Waals surface area contributed by atoms with Crippen molar-refractivity contribution in [3.63, 3.8) is 0 Å². The van der Waals surface area contributed by atoms with Crippen LogP contribution in [0.3, 0.4) is 0 Å². The van der Waals surface area contributed by atoms with E-state index in [1.807, 2.05) is 31.2 Å². The van der Waals surface area contributed by atoms with Gasteiger partial charge in [-0.05, 0) is 61.2 Å². The highest BCUT2D eigenvalue weighted by Gasteiger charge is 2.38. The number of carbonyl (C=O) groups is 2. The molecule has 1 fully saturated rings. The van der Waals surface area contributed by atoms with Gasteiger partial charge >= 0.3 is 0 Å². The summed E-state index contributed by atoms with van der Waals surface area (Å²) in [5.41, 5.74) is 2.19. The van der Waals surface area contributed by atoms with Crippen LogP contribution in [0, 0.1) is 0 Å². The highest BCUT2D eigenvalue weighted by Crippen LogP contribution is 2.35. The minimum absolute atomic E-state index is 0.215. The van der Waals surface area contributed by atoms with Crippen LogP contribution in [0.2, 0.25) is 0 Å². The first-order valence-electron chi connectivity index (χ1n) is 11.7. The summed E-state index contributed by atoms with van der Waals surface area (Å²) in [5, 5.41) is 2.91. The minimum Gasteiger partial charge on any atom is -0.494 e. The molecule has 0 unspecified atom stereocenters. The van der Waals surface area contributed by atoms with Crippen LogP contribution in [-0.4, -0.2) is 50.3 Å². The quantitative estimate of drug-likeness (QED) is 0.651. The predicted octanol–water partition coefficient (Wildman–Crippen LogP) is 2.85. The van der Waals surface area contributed by atoms with Gasteiger partial charge in [0.2, 0.25) is 21.8 Å². The van der Waals surface area contributed by atoms with Crippen LogP contribution >= 0.6 is 0 Å². The van der Waals surface area contributed by atoms with Gasteiger partial charge in [0.15, 0.2) is 0 Å². The molecule has 2 aromatic carbocycles. The Kier molecular flexibility index (Phi) is 7.23. The Balaban J connectivity index is 1.49. The summed E-state index contributed by atoms with van der Waals surface area (Å²) in [6.45, 7) is 5.28. The first kappa shape index (κ1) is 24.2. The van der Waals surface area contributed by atoms with Gasteiger partial charge in [0.25, 0.3) is 0 Å². The Labute approximate surface area is 200 Å². The van der Waals surface area contributed by atoms with Crippen LogP contribution in [0.5, 0.6) is 5.75 Å². The summed E-state index contributed by atoms with van der Waals surface area (Å²) in [5.74, 6) is 0.231. The molecule has 0 bridgehead atoms. The summed E-state index contributed by atoms with van der Waals surface area (Å²) in [6, 6.07) is 11.6. The molecule has 0 aromatic heterocycles. The maximum atomic E-state index is 13.1. The van der Waals surface area contributed by atoms with Gasteiger partial charge in [0.05, 0.1) is 11.5 Å². The lowest BCUT2D eigenvalue weighted by Gasteiger charge is -2.26. The van der Waals surface area contributed by atoms with Crippen molar-refractivity contribution < 1.29 is 22.7 Å². The average Bonchev–Trinajstić information content (AvgIpc) is 3.23. The van der Waals surface area contributed by atoms with Crippen molar-refractivity contribution in [1.29, 1.82) is 0 Å². The number of hydrogen-bond donors (Lipinski definition) is 1. The molecule has 4 rings (SSSR count). The SMILES string of the molecule is CCOc1ccc(CNC(=O)[C@H]2Cc3cc(S(=O)(=O)N4CCCCC4)ccc3N2C(C)=O)cc1. The van der Waals surface area contributed by atoms with Crippen LogP contribution in [0.4, 0.5) is 5.69 Å². The molecule has 1 atom stereocenters. The lowest BCUT2D eigenvalue weighted by molar-refractivity contribution is -0.125. The molecule has 2 heterocycles. The molecule has 2 amide bonds. The Morgan fingerprint density at radius 3 is 2.41 bits per heavy atom. The molecule has 9 heteroatoms. The lowest BCUT2D eigenvalue weighted by atomic mass is 10.1. The predicted molar refractivity (Wildman–Crippen MR) is 129 cm³/mol. The van der Waals surface area contributed by atoms with Gasteiger partial charge in [-0.1, -0.05) is 18.6 Å². The molecule has 1 N–H and O–H groups in total. The largest absolute Gasteiger partial charge is 0.494 e. The number of hydrogen-bond acceptors (Lipinski definition) is 5. The molecule has 0 spiro atoms. The van der Waals surface area contributed by atoms with E-state index in [1.54, 1.807) is 18.2 Å². The number of fused-ring (bicyclic) bond motifs is 1. The number of carbonyl (C=O) groups excluding carboxylic acids is 2. The zero-order valence-electron chi connectivity index (χ0n) is 19.6. The van der Waals surface area contributed by atoms with Crippen molar-refractivity contribution >= 4 is 27.5 Å². The Morgan fingerprint density at radius 2 is 1.76 bits per heavy atom. The van der Waals surface area contributed by atoms with E-state index in [-0.39, 0.29) is 23.1 Å². The number of ether oxygens (including phenoxy) is 1. The fourth-order valence-corrected chi connectivity index (χ4v) is 6.19. The third-order valence-electron chi connectivity index (χ3n) is 6.33. The summed E-state index contributed by atoms with van der Waals surface area (Å²) in [4.78, 5) is 27.1. The molecule has 8 nitrogen and oxygen atoms in total.